The maximum absolute atomic E-state index is 12.3. The number of halogens is 1. The van der Waals surface area contributed by atoms with Crippen LogP contribution in [0, 0.1) is 0 Å². The van der Waals surface area contributed by atoms with Crippen molar-refractivity contribution in [3.8, 4) is 5.75 Å². The summed E-state index contributed by atoms with van der Waals surface area (Å²) in [6.07, 6.45) is 0. The number of carbonyl (C=O) groups excluding carboxylic acids is 1. The van der Waals surface area contributed by atoms with E-state index >= 15 is 0 Å². The average molecular weight is 376 g/mol. The Morgan fingerprint density at radius 3 is 2.81 bits per heavy atom. The number of nitrogens with one attached hydrogen (secondary N) is 2. The van der Waals surface area contributed by atoms with Crippen LogP contribution in [0.4, 0.5) is 17.1 Å². The first-order chi connectivity index (χ1) is 12.7. The summed E-state index contributed by atoms with van der Waals surface area (Å²) in [5, 5.41) is 6.67. The predicted molar refractivity (Wildman–Crippen MR) is 105 cm³/mol. The molecular formula is C19H22ClN3O3. The summed E-state index contributed by atoms with van der Waals surface area (Å²) >= 11 is 6.14. The Labute approximate surface area is 158 Å². The first-order valence-electron chi connectivity index (χ1n) is 8.46. The molecule has 2 N–H and O–H groups in total. The van der Waals surface area contributed by atoms with E-state index in [1.54, 1.807) is 13.2 Å². The van der Waals surface area contributed by atoms with Crippen LogP contribution >= 0.6 is 11.6 Å². The fourth-order valence-electron chi connectivity index (χ4n) is 2.81. The number of nitrogens with zero attached hydrogens (tertiary/aromatic N) is 1. The topological polar surface area (TPSA) is 62.8 Å². The van der Waals surface area contributed by atoms with Gasteiger partial charge in [0.1, 0.15) is 5.75 Å². The van der Waals surface area contributed by atoms with Crippen molar-refractivity contribution in [1.82, 2.24) is 0 Å². The molecule has 1 amide bonds. The predicted octanol–water partition coefficient (Wildman–Crippen LogP) is 3.24. The number of methoxy groups -OCH3 is 1. The molecule has 2 aromatic carbocycles. The molecular weight excluding hydrogens is 354 g/mol. The van der Waals surface area contributed by atoms with Gasteiger partial charge in [-0.3, -0.25) is 4.79 Å². The molecule has 26 heavy (non-hydrogen) atoms. The third kappa shape index (κ3) is 4.80. The van der Waals surface area contributed by atoms with Gasteiger partial charge in [0, 0.05) is 29.9 Å². The number of ether oxygens (including phenoxy) is 2. The Bertz CT molecular complexity index is 763. The molecule has 0 aliphatic carbocycles. The highest BCUT2D eigenvalue weighted by atomic mass is 35.5. The molecule has 0 atom stereocenters. The molecule has 0 radical (unpaired) electrons. The molecule has 1 aliphatic heterocycles. The normalized spacial score (nSPS) is 14.0. The van der Waals surface area contributed by atoms with Gasteiger partial charge in [-0.1, -0.05) is 17.7 Å². The second-order valence-electron chi connectivity index (χ2n) is 5.89. The van der Waals surface area contributed by atoms with E-state index in [9.17, 15) is 4.79 Å². The van der Waals surface area contributed by atoms with E-state index in [0.29, 0.717) is 29.7 Å². The van der Waals surface area contributed by atoms with Crippen molar-refractivity contribution < 1.29 is 14.3 Å². The van der Waals surface area contributed by atoms with Gasteiger partial charge in [-0.2, -0.15) is 0 Å². The zero-order valence-corrected chi connectivity index (χ0v) is 15.4. The van der Waals surface area contributed by atoms with Crippen molar-refractivity contribution in [3.05, 3.63) is 47.5 Å². The molecule has 2 aromatic rings. The molecule has 1 fully saturated rings. The lowest BCUT2D eigenvalue weighted by Gasteiger charge is -2.30. The van der Waals surface area contributed by atoms with E-state index in [-0.39, 0.29) is 12.5 Å². The van der Waals surface area contributed by atoms with Gasteiger partial charge < -0.3 is 25.0 Å². The monoisotopic (exact) mass is 375 g/mol. The minimum atomic E-state index is -0.147. The number of carbonyl (C=O) groups is 1. The van der Waals surface area contributed by atoms with Crippen LogP contribution in [0.1, 0.15) is 0 Å². The van der Waals surface area contributed by atoms with Crippen molar-refractivity contribution >= 4 is 34.6 Å². The zero-order chi connectivity index (χ0) is 18.4. The van der Waals surface area contributed by atoms with Crippen molar-refractivity contribution in [3.63, 3.8) is 0 Å². The van der Waals surface area contributed by atoms with Gasteiger partial charge in [0.25, 0.3) is 0 Å². The van der Waals surface area contributed by atoms with Gasteiger partial charge in [-0.25, -0.2) is 0 Å². The van der Waals surface area contributed by atoms with E-state index in [1.807, 2.05) is 36.4 Å². The molecule has 1 aliphatic rings. The summed E-state index contributed by atoms with van der Waals surface area (Å²) in [5.74, 6) is 0.548. The van der Waals surface area contributed by atoms with E-state index in [2.05, 4.69) is 15.5 Å². The second-order valence-corrected chi connectivity index (χ2v) is 6.33. The molecule has 3 rings (SSSR count). The lowest BCUT2D eigenvalue weighted by molar-refractivity contribution is -0.114. The largest absolute Gasteiger partial charge is 0.497 e. The fourth-order valence-corrected chi connectivity index (χ4v) is 2.98. The molecule has 0 aromatic heterocycles. The van der Waals surface area contributed by atoms with Crippen LogP contribution in [0.15, 0.2) is 42.5 Å². The fraction of sp³-hybridized carbons (Fsp3) is 0.316. The van der Waals surface area contributed by atoms with Gasteiger partial charge in [0.2, 0.25) is 5.91 Å². The summed E-state index contributed by atoms with van der Waals surface area (Å²) in [4.78, 5) is 14.5. The number of hydrogen-bond acceptors (Lipinski definition) is 5. The standard InChI is InChI=1S/C19H22ClN3O3/c1-25-16-4-2-3-15(12-16)22-19(24)13-21-17-11-14(20)5-6-18(17)23-7-9-26-10-8-23/h2-6,11-12,21H,7-10,13H2,1H3,(H,22,24). The van der Waals surface area contributed by atoms with Crippen LogP contribution in [0.5, 0.6) is 5.75 Å². The molecule has 7 heteroatoms. The summed E-state index contributed by atoms with van der Waals surface area (Å²) < 4.78 is 10.6. The van der Waals surface area contributed by atoms with Crippen molar-refractivity contribution in [2.24, 2.45) is 0 Å². The molecule has 1 heterocycles. The van der Waals surface area contributed by atoms with Crippen LogP contribution in [-0.4, -0.2) is 45.9 Å². The Hall–Kier alpha value is -2.44. The van der Waals surface area contributed by atoms with E-state index in [1.165, 1.54) is 0 Å². The van der Waals surface area contributed by atoms with Gasteiger partial charge in [-0.05, 0) is 30.3 Å². The molecule has 6 nitrogen and oxygen atoms in total. The maximum atomic E-state index is 12.3. The second kappa shape index (κ2) is 8.78. The molecule has 1 saturated heterocycles. The van der Waals surface area contributed by atoms with E-state index in [0.717, 1.165) is 24.5 Å². The number of anilines is 3. The van der Waals surface area contributed by atoms with Gasteiger partial charge in [-0.15, -0.1) is 0 Å². The van der Waals surface area contributed by atoms with Crippen molar-refractivity contribution in [2.45, 2.75) is 0 Å². The molecule has 0 unspecified atom stereocenters. The Morgan fingerprint density at radius 1 is 1.23 bits per heavy atom. The van der Waals surface area contributed by atoms with E-state index < -0.39 is 0 Å². The summed E-state index contributed by atoms with van der Waals surface area (Å²) in [6.45, 7) is 3.14. The third-order valence-electron chi connectivity index (χ3n) is 4.10. The Balaban J connectivity index is 1.64. The van der Waals surface area contributed by atoms with Gasteiger partial charge in [0.15, 0.2) is 0 Å². The van der Waals surface area contributed by atoms with E-state index in [4.69, 9.17) is 21.1 Å². The summed E-state index contributed by atoms with van der Waals surface area (Å²) in [5.41, 5.74) is 2.54. The molecule has 138 valence electrons. The average Bonchev–Trinajstić information content (AvgIpc) is 2.67. The Morgan fingerprint density at radius 2 is 2.04 bits per heavy atom. The number of morpholine rings is 1. The molecule has 0 spiro atoms. The van der Waals surface area contributed by atoms with Crippen LogP contribution in [-0.2, 0) is 9.53 Å². The highest BCUT2D eigenvalue weighted by Gasteiger charge is 2.15. The lowest BCUT2D eigenvalue weighted by atomic mass is 10.2. The van der Waals surface area contributed by atoms with Gasteiger partial charge in [0.05, 0.1) is 38.2 Å². The molecule has 0 saturated carbocycles. The summed E-state index contributed by atoms with van der Waals surface area (Å²) in [7, 11) is 1.59. The minimum Gasteiger partial charge on any atom is -0.497 e. The minimum absolute atomic E-state index is 0.134. The summed E-state index contributed by atoms with van der Waals surface area (Å²) in [6, 6.07) is 12.9. The van der Waals surface area contributed by atoms with Crippen LogP contribution in [0.25, 0.3) is 0 Å². The van der Waals surface area contributed by atoms with Gasteiger partial charge >= 0.3 is 0 Å². The van der Waals surface area contributed by atoms with Crippen LogP contribution in [0.3, 0.4) is 0 Å². The highest BCUT2D eigenvalue weighted by molar-refractivity contribution is 6.31. The quantitative estimate of drug-likeness (QED) is 0.811. The zero-order valence-electron chi connectivity index (χ0n) is 14.6. The highest BCUT2D eigenvalue weighted by Crippen LogP contribution is 2.29. The SMILES string of the molecule is COc1cccc(NC(=O)CNc2cc(Cl)ccc2N2CCOCC2)c1. The number of amides is 1. The van der Waals surface area contributed by atoms with Crippen molar-refractivity contribution in [2.75, 3.05) is 55.5 Å². The maximum Gasteiger partial charge on any atom is 0.243 e. The lowest BCUT2D eigenvalue weighted by Crippen LogP contribution is -2.36. The third-order valence-corrected chi connectivity index (χ3v) is 4.34. The molecule has 0 bridgehead atoms. The number of hydrogen-bond donors (Lipinski definition) is 2. The first kappa shape index (κ1) is 18.4. The van der Waals surface area contributed by atoms with Crippen LogP contribution in [0.2, 0.25) is 5.02 Å². The Kier molecular flexibility index (Phi) is 6.20. The van der Waals surface area contributed by atoms with Crippen molar-refractivity contribution in [1.29, 1.82) is 0 Å². The smallest absolute Gasteiger partial charge is 0.243 e. The number of benzene rings is 2. The number of rotatable bonds is 6. The first-order valence-corrected chi connectivity index (χ1v) is 8.83. The van der Waals surface area contributed by atoms with Crippen LogP contribution < -0.4 is 20.3 Å².